The number of rotatable bonds is 1. The fourth-order valence-electron chi connectivity index (χ4n) is 2.30. The van der Waals surface area contributed by atoms with Crippen LogP contribution in [-0.4, -0.2) is 61.9 Å². The van der Waals surface area contributed by atoms with Gasteiger partial charge in [-0.2, -0.15) is 0 Å². The third-order valence-electron chi connectivity index (χ3n) is 2.95. The third kappa shape index (κ3) is 3.81. The van der Waals surface area contributed by atoms with Crippen molar-refractivity contribution in [2.75, 3.05) is 32.8 Å². The Morgan fingerprint density at radius 2 is 1.94 bits per heavy atom. The van der Waals surface area contributed by atoms with Crippen molar-refractivity contribution in [2.24, 2.45) is 0 Å². The average molecular weight is 265 g/mol. The normalized spacial score (nSPS) is 34.0. The Bertz CT molecular complexity index is 249. The molecule has 0 saturated carbocycles. The number of nitrogens with zero attached hydrogens (tertiary/aromatic N) is 1. The van der Waals surface area contributed by atoms with Gasteiger partial charge in [0.2, 0.25) is 5.91 Å². The van der Waals surface area contributed by atoms with Gasteiger partial charge in [0.15, 0.2) is 0 Å². The summed E-state index contributed by atoms with van der Waals surface area (Å²) < 4.78 is 10.9. The van der Waals surface area contributed by atoms with E-state index in [1.165, 1.54) is 0 Å². The van der Waals surface area contributed by atoms with Crippen LogP contribution in [0, 0.1) is 0 Å². The Hall–Kier alpha value is -0.360. The maximum atomic E-state index is 12.2. The molecule has 3 unspecified atom stereocenters. The van der Waals surface area contributed by atoms with Crippen molar-refractivity contribution >= 4 is 18.3 Å². The van der Waals surface area contributed by atoms with Gasteiger partial charge < -0.3 is 19.7 Å². The lowest BCUT2D eigenvalue weighted by Gasteiger charge is -2.37. The van der Waals surface area contributed by atoms with Gasteiger partial charge in [-0.15, -0.1) is 12.4 Å². The maximum absolute atomic E-state index is 12.2. The smallest absolute Gasteiger partial charge is 0.242 e. The minimum Gasteiger partial charge on any atom is -0.378 e. The van der Waals surface area contributed by atoms with Gasteiger partial charge in [-0.3, -0.25) is 4.79 Å². The highest BCUT2D eigenvalue weighted by molar-refractivity contribution is 5.85. The zero-order chi connectivity index (χ0) is 11.5. The Kier molecular flexibility index (Phi) is 5.66. The molecule has 1 amide bonds. The fourth-order valence-corrected chi connectivity index (χ4v) is 2.30. The first kappa shape index (κ1) is 14.7. The number of hydrogen-bond acceptors (Lipinski definition) is 4. The molecule has 17 heavy (non-hydrogen) atoms. The summed E-state index contributed by atoms with van der Waals surface area (Å²) in [6.45, 7) is 7.30. The Balaban J connectivity index is 0.00000144. The molecule has 100 valence electrons. The summed E-state index contributed by atoms with van der Waals surface area (Å²) in [7, 11) is 0. The molecule has 2 rings (SSSR count). The molecule has 1 N–H and O–H groups in total. The molecule has 0 aromatic heterocycles. The lowest BCUT2D eigenvalue weighted by atomic mass is 10.2. The number of halogens is 1. The monoisotopic (exact) mass is 264 g/mol. The van der Waals surface area contributed by atoms with E-state index in [4.69, 9.17) is 9.47 Å². The van der Waals surface area contributed by atoms with Gasteiger partial charge in [-0.05, 0) is 13.8 Å². The van der Waals surface area contributed by atoms with E-state index in [-0.39, 0.29) is 36.6 Å². The summed E-state index contributed by atoms with van der Waals surface area (Å²) >= 11 is 0. The lowest BCUT2D eigenvalue weighted by Crippen LogP contribution is -2.57. The van der Waals surface area contributed by atoms with Crippen LogP contribution in [0.2, 0.25) is 0 Å². The lowest BCUT2D eigenvalue weighted by molar-refractivity contribution is -0.148. The van der Waals surface area contributed by atoms with E-state index in [0.717, 1.165) is 6.54 Å². The third-order valence-corrected chi connectivity index (χ3v) is 2.95. The van der Waals surface area contributed by atoms with Gasteiger partial charge in [-0.1, -0.05) is 0 Å². The summed E-state index contributed by atoms with van der Waals surface area (Å²) in [5.41, 5.74) is 0. The van der Waals surface area contributed by atoms with E-state index in [1.807, 2.05) is 18.7 Å². The minimum absolute atomic E-state index is 0. The predicted molar refractivity (Wildman–Crippen MR) is 66.4 cm³/mol. The predicted octanol–water partition coefficient (Wildman–Crippen LogP) is 0.0324. The summed E-state index contributed by atoms with van der Waals surface area (Å²) in [5, 5.41) is 3.19. The molecular formula is C11H21ClN2O3. The van der Waals surface area contributed by atoms with Gasteiger partial charge in [0.05, 0.1) is 25.4 Å². The molecule has 2 heterocycles. The van der Waals surface area contributed by atoms with Crippen LogP contribution in [0.1, 0.15) is 13.8 Å². The molecular weight excluding hydrogens is 244 g/mol. The molecule has 2 saturated heterocycles. The van der Waals surface area contributed by atoms with Crippen molar-refractivity contribution in [2.45, 2.75) is 32.1 Å². The van der Waals surface area contributed by atoms with Gasteiger partial charge in [-0.25, -0.2) is 0 Å². The van der Waals surface area contributed by atoms with Crippen LogP contribution in [0.25, 0.3) is 0 Å². The van der Waals surface area contributed by atoms with Gasteiger partial charge in [0.1, 0.15) is 6.04 Å². The van der Waals surface area contributed by atoms with Crippen molar-refractivity contribution in [1.82, 2.24) is 10.2 Å². The van der Waals surface area contributed by atoms with Gasteiger partial charge in [0.25, 0.3) is 0 Å². The highest BCUT2D eigenvalue weighted by Gasteiger charge is 2.31. The minimum atomic E-state index is -0.175. The standard InChI is InChI=1S/C11H20N2O3.ClH/c1-8-5-13(6-9(2)16-8)11(14)10-7-15-4-3-12-10;/h8-10,12H,3-7H2,1-2H3;1H. The van der Waals surface area contributed by atoms with Crippen LogP contribution in [0.5, 0.6) is 0 Å². The van der Waals surface area contributed by atoms with Crippen molar-refractivity contribution in [1.29, 1.82) is 0 Å². The molecule has 2 aliphatic heterocycles. The molecule has 2 fully saturated rings. The van der Waals surface area contributed by atoms with Crippen LogP contribution in [0.15, 0.2) is 0 Å². The first-order valence-corrected chi connectivity index (χ1v) is 5.92. The van der Waals surface area contributed by atoms with Crippen LogP contribution in [0.4, 0.5) is 0 Å². The fraction of sp³-hybridized carbons (Fsp3) is 0.909. The van der Waals surface area contributed by atoms with E-state index < -0.39 is 0 Å². The number of ether oxygens (including phenoxy) is 2. The molecule has 2 aliphatic rings. The molecule has 0 bridgehead atoms. The number of carbonyl (C=O) groups excluding carboxylic acids is 1. The van der Waals surface area contributed by atoms with E-state index >= 15 is 0 Å². The van der Waals surface area contributed by atoms with Crippen molar-refractivity contribution < 1.29 is 14.3 Å². The first-order valence-electron chi connectivity index (χ1n) is 5.92. The Labute approximate surface area is 108 Å². The van der Waals surface area contributed by atoms with Crippen LogP contribution >= 0.6 is 12.4 Å². The SMILES string of the molecule is CC1CN(C(=O)C2COCCN2)CC(C)O1.Cl. The first-order chi connectivity index (χ1) is 7.66. The Morgan fingerprint density at radius 1 is 1.29 bits per heavy atom. The molecule has 0 spiro atoms. The van der Waals surface area contributed by atoms with Crippen molar-refractivity contribution in [3.05, 3.63) is 0 Å². The number of carbonyl (C=O) groups is 1. The number of morpholine rings is 2. The van der Waals surface area contributed by atoms with E-state index in [9.17, 15) is 4.79 Å². The highest BCUT2D eigenvalue weighted by atomic mass is 35.5. The maximum Gasteiger partial charge on any atom is 0.242 e. The van der Waals surface area contributed by atoms with E-state index in [1.54, 1.807) is 0 Å². The molecule has 0 aromatic rings. The topological polar surface area (TPSA) is 50.8 Å². The summed E-state index contributed by atoms with van der Waals surface area (Å²) in [4.78, 5) is 14.1. The zero-order valence-electron chi connectivity index (χ0n) is 10.3. The van der Waals surface area contributed by atoms with E-state index in [0.29, 0.717) is 26.3 Å². The van der Waals surface area contributed by atoms with Crippen LogP contribution in [-0.2, 0) is 14.3 Å². The van der Waals surface area contributed by atoms with E-state index in [2.05, 4.69) is 5.32 Å². The molecule has 0 aliphatic carbocycles. The van der Waals surface area contributed by atoms with Crippen molar-refractivity contribution in [3.63, 3.8) is 0 Å². The second-order valence-corrected chi connectivity index (χ2v) is 4.58. The average Bonchev–Trinajstić information content (AvgIpc) is 2.28. The summed E-state index contributed by atoms with van der Waals surface area (Å²) in [5.74, 6) is 0.140. The second-order valence-electron chi connectivity index (χ2n) is 4.58. The van der Waals surface area contributed by atoms with Crippen LogP contribution < -0.4 is 5.32 Å². The van der Waals surface area contributed by atoms with Crippen molar-refractivity contribution in [3.8, 4) is 0 Å². The number of amides is 1. The largest absolute Gasteiger partial charge is 0.378 e. The van der Waals surface area contributed by atoms with Gasteiger partial charge >= 0.3 is 0 Å². The number of nitrogens with one attached hydrogen (secondary N) is 1. The molecule has 0 aromatic carbocycles. The second kappa shape index (κ2) is 6.54. The molecule has 6 heteroatoms. The van der Waals surface area contributed by atoms with Gasteiger partial charge in [0, 0.05) is 19.6 Å². The summed E-state index contributed by atoms with van der Waals surface area (Å²) in [6, 6.07) is -0.175. The quantitative estimate of drug-likeness (QED) is 0.726. The van der Waals surface area contributed by atoms with Crippen LogP contribution in [0.3, 0.4) is 0 Å². The molecule has 5 nitrogen and oxygen atoms in total. The summed E-state index contributed by atoms with van der Waals surface area (Å²) in [6.07, 6.45) is 0.245. The molecule has 0 radical (unpaired) electrons. The molecule has 3 atom stereocenters. The number of hydrogen-bond donors (Lipinski definition) is 1. The zero-order valence-corrected chi connectivity index (χ0v) is 11.2. The highest BCUT2D eigenvalue weighted by Crippen LogP contribution is 2.12. The Morgan fingerprint density at radius 3 is 2.47 bits per heavy atom.